The zero-order valence-electron chi connectivity index (χ0n) is 55.3. The number of unbranched alkanes of at least 4 members (excludes halogenated alkanes) is 9. The van der Waals surface area contributed by atoms with Crippen LogP contribution in [0, 0.1) is 17.8 Å². The number of rotatable bonds is 16. The summed E-state index contributed by atoms with van der Waals surface area (Å²) in [6, 6.07) is 60.0. The first-order valence-corrected chi connectivity index (χ1v) is 33.7. The number of nitrogens with one attached hydrogen (secondary N) is 1. The Hall–Kier alpha value is -6.18. The molecule has 86 heavy (non-hydrogen) atoms. The molecule has 3 fully saturated rings. The van der Waals surface area contributed by atoms with Gasteiger partial charge in [-0.25, -0.2) is 0 Å². The van der Waals surface area contributed by atoms with Crippen molar-refractivity contribution in [2.75, 3.05) is 16.8 Å². The molecule has 0 aliphatic heterocycles. The van der Waals surface area contributed by atoms with Crippen LogP contribution in [0.4, 0.5) is 17.1 Å². The van der Waals surface area contributed by atoms with E-state index in [2.05, 4.69) is 140 Å². The van der Waals surface area contributed by atoms with Gasteiger partial charge in [0.25, 0.3) is 0 Å². The van der Waals surface area contributed by atoms with Gasteiger partial charge in [0.15, 0.2) is 0 Å². The van der Waals surface area contributed by atoms with Crippen LogP contribution >= 0.6 is 11.6 Å². The number of carbonyl (C=O) groups excluding carboxylic acids is 2. The van der Waals surface area contributed by atoms with Crippen LogP contribution < -0.4 is 16.8 Å². The minimum absolute atomic E-state index is 0.0185. The molecule has 0 radical (unpaired) electrons. The molecule has 8 heteroatoms. The molecule has 3 aliphatic rings. The summed E-state index contributed by atoms with van der Waals surface area (Å²) >= 11 is 5.25. The number of carbonyl (C=O) groups is 3. The molecule has 3 saturated carbocycles. The quantitative estimate of drug-likeness (QED) is 0.0433. The third-order valence-corrected chi connectivity index (χ3v) is 14.7. The average molecular weight is 1200 g/mol. The Morgan fingerprint density at radius 2 is 0.605 bits per heavy atom. The van der Waals surface area contributed by atoms with Crippen LogP contribution in [0.25, 0.3) is 0 Å². The van der Waals surface area contributed by atoms with Gasteiger partial charge in [0, 0.05) is 28.9 Å². The number of benzene rings is 6. The van der Waals surface area contributed by atoms with Gasteiger partial charge >= 0.3 is 5.97 Å². The molecule has 0 heterocycles. The molecule has 6 N–H and O–H groups in total. The Bertz CT molecular complexity index is 2130. The van der Waals surface area contributed by atoms with E-state index in [1.807, 2.05) is 109 Å². The number of para-hydroxylation sites is 3. The molecule has 0 unspecified atom stereocenters. The van der Waals surface area contributed by atoms with Crippen molar-refractivity contribution in [3.8, 4) is 0 Å². The van der Waals surface area contributed by atoms with Gasteiger partial charge in [0.1, 0.15) is 0 Å². The van der Waals surface area contributed by atoms with Crippen LogP contribution in [0.1, 0.15) is 233 Å². The summed E-state index contributed by atoms with van der Waals surface area (Å²) in [5.74, 6) is -0.00178. The average Bonchev–Trinajstić information content (AvgIpc) is 4.51. The van der Waals surface area contributed by atoms with Gasteiger partial charge in [0.2, 0.25) is 11.1 Å². The number of anilines is 3. The summed E-state index contributed by atoms with van der Waals surface area (Å²) < 4.78 is 0. The molecule has 0 atom stereocenters. The summed E-state index contributed by atoms with van der Waals surface area (Å²) in [4.78, 5) is 32.3. The van der Waals surface area contributed by atoms with Crippen LogP contribution in [-0.2, 0) is 33.6 Å². The van der Waals surface area contributed by atoms with E-state index in [-0.39, 0.29) is 28.9 Å². The molecule has 0 bridgehead atoms. The van der Waals surface area contributed by atoms with Crippen molar-refractivity contribution in [2.24, 2.45) is 17.8 Å². The van der Waals surface area contributed by atoms with E-state index in [4.69, 9.17) is 28.2 Å². The van der Waals surface area contributed by atoms with Crippen LogP contribution in [0.2, 0.25) is 0 Å². The highest BCUT2D eigenvalue weighted by atomic mass is 35.5. The number of aliphatic carboxylic acids is 1. The third kappa shape index (κ3) is 52.2. The molecule has 478 valence electrons. The van der Waals surface area contributed by atoms with Crippen molar-refractivity contribution in [3.05, 3.63) is 199 Å². The molecule has 0 spiro atoms. The fraction of sp³-hybridized carbons (Fsp3) is 0.500. The van der Waals surface area contributed by atoms with Gasteiger partial charge in [-0.3, -0.25) is 14.4 Å². The lowest BCUT2D eigenvalue weighted by molar-refractivity contribution is -0.141. The Labute approximate surface area is 531 Å². The first-order chi connectivity index (χ1) is 41.8. The normalized spacial score (nSPS) is 12.6. The van der Waals surface area contributed by atoms with Gasteiger partial charge in [-0.1, -0.05) is 323 Å². The number of carboxylic acid groups (broad SMARTS) is 1. The number of carboxylic acids is 1. The molecule has 9 rings (SSSR count). The standard InChI is InChI=1S/C12H15NO.3C8H10.C6H9ClO.2C6H7N.C6H10O2.3C6H14/c14-12(10-6-4-5-7-10)13-11-8-2-1-3-9-11;3*1-2-8-6-4-3-5-7-8;7-6(8)5-3-1-2-4-5;2*7-6-4-2-1-3-5-6;7-6(8)5-3-1-2-4-5;3*1-3-5-6-4-2/h1-3,8-10H,4-7H2,(H,13,14);3*3-7H,2H2,1H3;5H,1-4H2;2*1-5H,7H2;5H,1-4H2,(H,7,8);3*3-6H2,1-2H3. The Morgan fingerprint density at radius 3 is 0.779 bits per heavy atom. The Balaban J connectivity index is 0. The second-order valence-electron chi connectivity index (χ2n) is 21.9. The lowest BCUT2D eigenvalue weighted by atomic mass is 10.1. The number of nitrogen functional groups attached to an aromatic ring is 2. The van der Waals surface area contributed by atoms with Crippen molar-refractivity contribution in [3.63, 3.8) is 0 Å². The molecule has 6 aromatic carbocycles. The van der Waals surface area contributed by atoms with E-state index in [9.17, 15) is 14.4 Å². The van der Waals surface area contributed by atoms with Crippen LogP contribution in [0.5, 0.6) is 0 Å². The Morgan fingerprint density at radius 1 is 0.372 bits per heavy atom. The molecule has 1 amide bonds. The SMILES string of the molecule is CCCCCC.CCCCCC.CCCCCC.CCc1ccccc1.CCc1ccccc1.CCc1ccccc1.Nc1ccccc1.Nc1ccccc1.O=C(Cl)C1CCCC1.O=C(Nc1ccccc1)C1CCCC1.O=C(O)C1CCCC1. The van der Waals surface area contributed by atoms with E-state index >= 15 is 0 Å². The number of amides is 1. The summed E-state index contributed by atoms with van der Waals surface area (Å²) in [6.07, 6.45) is 33.0. The molecule has 0 saturated heterocycles. The molecule has 6 aromatic rings. The van der Waals surface area contributed by atoms with Gasteiger partial charge in [-0.2, -0.15) is 0 Å². The first-order valence-electron chi connectivity index (χ1n) is 33.3. The zero-order chi connectivity index (χ0) is 63.9. The predicted octanol–water partition coefficient (Wildman–Crippen LogP) is 23.1. The van der Waals surface area contributed by atoms with Gasteiger partial charge in [0.05, 0.1) is 5.92 Å². The fourth-order valence-corrected chi connectivity index (χ4v) is 9.04. The van der Waals surface area contributed by atoms with Crippen LogP contribution in [0.15, 0.2) is 182 Å². The molecule has 3 aliphatic carbocycles. The molecular formula is C78H120ClN3O4. The second kappa shape index (κ2) is 61.9. The monoisotopic (exact) mass is 1200 g/mol. The number of nitrogens with two attached hydrogens (primary N) is 2. The summed E-state index contributed by atoms with van der Waals surface area (Å²) in [5.41, 5.74) is 17.5. The van der Waals surface area contributed by atoms with E-state index in [1.54, 1.807) is 0 Å². The van der Waals surface area contributed by atoms with Gasteiger partial charge < -0.3 is 21.9 Å². The minimum atomic E-state index is -0.609. The minimum Gasteiger partial charge on any atom is -0.481 e. The van der Waals surface area contributed by atoms with Crippen molar-refractivity contribution >= 4 is 45.8 Å². The third-order valence-electron chi connectivity index (χ3n) is 14.4. The topological polar surface area (TPSA) is 136 Å². The number of aryl methyl sites for hydroxylation is 3. The molecular weight excluding hydrogens is 1080 g/mol. The first kappa shape index (κ1) is 81.9. The van der Waals surface area contributed by atoms with E-state index in [0.29, 0.717) is 0 Å². The van der Waals surface area contributed by atoms with Gasteiger partial charge in [-0.15, -0.1) is 0 Å². The smallest absolute Gasteiger partial charge is 0.306 e. The summed E-state index contributed by atoms with van der Waals surface area (Å²) in [6.45, 7) is 19.9. The summed E-state index contributed by atoms with van der Waals surface area (Å²) in [7, 11) is 0. The second-order valence-corrected chi connectivity index (χ2v) is 22.3. The van der Waals surface area contributed by atoms with Crippen molar-refractivity contribution in [1.29, 1.82) is 0 Å². The van der Waals surface area contributed by atoms with E-state index in [1.165, 1.54) is 119 Å². The zero-order valence-corrected chi connectivity index (χ0v) is 56.1. The lowest BCUT2D eigenvalue weighted by Gasteiger charge is -2.09. The Kier molecular flexibility index (Phi) is 58.9. The van der Waals surface area contributed by atoms with Crippen molar-refractivity contribution in [2.45, 2.75) is 236 Å². The van der Waals surface area contributed by atoms with E-state index in [0.717, 1.165) is 87.7 Å². The van der Waals surface area contributed by atoms with Gasteiger partial charge in [-0.05, 0) is 122 Å². The largest absolute Gasteiger partial charge is 0.481 e. The maximum Gasteiger partial charge on any atom is 0.306 e. The lowest BCUT2D eigenvalue weighted by Crippen LogP contribution is -2.20. The van der Waals surface area contributed by atoms with Crippen molar-refractivity contribution in [1.82, 2.24) is 0 Å². The highest BCUT2D eigenvalue weighted by Gasteiger charge is 2.23. The molecule has 7 nitrogen and oxygen atoms in total. The van der Waals surface area contributed by atoms with E-state index < -0.39 is 5.97 Å². The maximum atomic E-state index is 11.7. The maximum absolute atomic E-state index is 11.7. The predicted molar refractivity (Wildman–Crippen MR) is 378 cm³/mol. The highest BCUT2D eigenvalue weighted by molar-refractivity contribution is 6.64. The summed E-state index contributed by atoms with van der Waals surface area (Å²) in [5, 5.41) is 11.2. The van der Waals surface area contributed by atoms with Crippen molar-refractivity contribution < 1.29 is 19.5 Å². The number of hydrogen-bond acceptors (Lipinski definition) is 5. The fourth-order valence-electron chi connectivity index (χ4n) is 8.83. The highest BCUT2D eigenvalue weighted by Crippen LogP contribution is 2.27. The number of halogens is 1. The number of hydrogen-bond donors (Lipinski definition) is 4. The van der Waals surface area contributed by atoms with Crippen LogP contribution in [0.3, 0.4) is 0 Å². The molecule has 0 aromatic heterocycles. The van der Waals surface area contributed by atoms with Crippen LogP contribution in [-0.4, -0.2) is 22.2 Å².